The van der Waals surface area contributed by atoms with Crippen molar-refractivity contribution in [2.45, 2.75) is 386 Å². The van der Waals surface area contributed by atoms with Crippen molar-refractivity contribution in [2.75, 3.05) is 47.5 Å². The molecule has 0 aromatic rings. The number of likely N-dealkylation sites (N-methyl/N-ethyl adjacent to an activating group) is 1. The Kier molecular flexibility index (Phi) is 69.9. The summed E-state index contributed by atoms with van der Waals surface area (Å²) in [6.07, 6.45) is 94.5. The number of carbonyl (C=O) groups is 3. The summed E-state index contributed by atoms with van der Waals surface area (Å²) in [6.45, 7) is 4.70. The number of esters is 2. The summed E-state index contributed by atoms with van der Waals surface area (Å²) in [7, 11) is 5.95. The molecule has 0 saturated heterocycles. The van der Waals surface area contributed by atoms with Gasteiger partial charge in [0.05, 0.1) is 40.3 Å². The lowest BCUT2D eigenvalue weighted by Crippen LogP contribution is -2.44. The predicted molar refractivity (Wildman–Crippen MR) is 389 cm³/mol. The number of aliphatic carboxylic acids is 1. The van der Waals surface area contributed by atoms with Crippen molar-refractivity contribution in [3.05, 3.63) is 72.9 Å². The molecule has 0 fully saturated rings. The number of carbonyl (C=O) groups excluding carboxylic acids is 3. The number of hydrogen-bond acceptors (Lipinski definition) is 8. The second kappa shape index (κ2) is 72.6. The third-order valence-corrected chi connectivity index (χ3v) is 17.5. The van der Waals surface area contributed by atoms with Crippen molar-refractivity contribution in [2.24, 2.45) is 0 Å². The highest BCUT2D eigenvalue weighted by atomic mass is 16.7. The van der Waals surface area contributed by atoms with Crippen LogP contribution in [0, 0.1) is 0 Å². The van der Waals surface area contributed by atoms with E-state index in [1.165, 1.54) is 270 Å². The van der Waals surface area contributed by atoms with E-state index >= 15 is 0 Å². The van der Waals surface area contributed by atoms with Gasteiger partial charge in [-0.05, 0) is 64.2 Å². The largest absolute Gasteiger partial charge is 0.545 e. The second-order valence-corrected chi connectivity index (χ2v) is 27.6. The number of hydrogen-bond donors (Lipinski definition) is 0. The van der Waals surface area contributed by atoms with Crippen LogP contribution in [0.2, 0.25) is 0 Å². The van der Waals surface area contributed by atoms with Gasteiger partial charge in [0.25, 0.3) is 0 Å². The van der Waals surface area contributed by atoms with Gasteiger partial charge in [0.15, 0.2) is 12.4 Å². The molecule has 0 radical (unpaired) electrons. The van der Waals surface area contributed by atoms with Crippen LogP contribution in [0.5, 0.6) is 0 Å². The Balaban J connectivity index is 3.97. The number of allylic oxidation sites excluding steroid dienone is 12. The maximum atomic E-state index is 13.0. The molecule has 0 heterocycles. The van der Waals surface area contributed by atoms with Gasteiger partial charge < -0.3 is 33.3 Å². The summed E-state index contributed by atoms with van der Waals surface area (Å²) >= 11 is 0. The number of ether oxygens (including phenoxy) is 4. The van der Waals surface area contributed by atoms with Gasteiger partial charge >= 0.3 is 11.9 Å². The molecule has 0 N–H and O–H groups in total. The molecule has 0 aliphatic carbocycles. The SMILES string of the molecule is CC/C=C\C/C=C\C/C=C\C/C=C\C/C=C\C/C=C\CCCCCCCCCCCCCCCCCCCCCCCCC(=O)OC(COC(=O)CCCCCCCCCCCCCCCCCCCCCCCCCCC)COC(OCC[N+](C)(C)C)C(=O)[O-]. The Labute approximate surface area is 564 Å². The molecule has 2 unspecified atom stereocenters. The number of carboxylic acid groups (broad SMARTS) is 1. The van der Waals surface area contributed by atoms with Crippen molar-refractivity contribution in [1.82, 2.24) is 0 Å². The molecule has 0 rings (SSSR count). The molecular weight excluding hydrogens is 1130 g/mol. The van der Waals surface area contributed by atoms with E-state index in [4.69, 9.17) is 18.9 Å². The lowest BCUT2D eigenvalue weighted by atomic mass is 10.0. The van der Waals surface area contributed by atoms with Crippen LogP contribution in [0.4, 0.5) is 0 Å². The first-order valence-electron chi connectivity index (χ1n) is 39.1. The monoisotopic (exact) mass is 1280 g/mol. The molecule has 0 aliphatic heterocycles. The van der Waals surface area contributed by atoms with Crippen molar-refractivity contribution >= 4 is 17.9 Å². The van der Waals surface area contributed by atoms with Crippen LogP contribution in [0.3, 0.4) is 0 Å². The zero-order valence-electron chi connectivity index (χ0n) is 60.7. The summed E-state index contributed by atoms with van der Waals surface area (Å²) in [5, 5.41) is 11.8. The van der Waals surface area contributed by atoms with Gasteiger partial charge in [-0.25, -0.2) is 0 Å². The van der Waals surface area contributed by atoms with Crippen molar-refractivity contribution in [3.63, 3.8) is 0 Å². The Hall–Kier alpha value is -3.27. The van der Waals surface area contributed by atoms with Gasteiger partial charge in [0.2, 0.25) is 0 Å². The molecule has 0 bridgehead atoms. The molecule has 0 aromatic heterocycles. The number of carboxylic acids is 1. The molecular formula is C82H149NO8. The number of rotatable bonds is 73. The lowest BCUT2D eigenvalue weighted by molar-refractivity contribution is -0.870. The van der Waals surface area contributed by atoms with Gasteiger partial charge in [0.1, 0.15) is 13.2 Å². The number of quaternary nitrogens is 1. The summed E-state index contributed by atoms with van der Waals surface area (Å²) < 4.78 is 22.9. The Morgan fingerprint density at radius 1 is 0.341 bits per heavy atom. The predicted octanol–water partition coefficient (Wildman–Crippen LogP) is 23.5. The zero-order chi connectivity index (χ0) is 66.1. The first-order valence-corrected chi connectivity index (χ1v) is 39.1. The fraction of sp³-hybridized carbons (Fsp3) is 0.817. The van der Waals surface area contributed by atoms with Gasteiger partial charge in [-0.1, -0.05) is 369 Å². The third-order valence-electron chi connectivity index (χ3n) is 17.5. The average molecular weight is 1280 g/mol. The number of unbranched alkanes of at least 4 members (excludes halogenated alkanes) is 46. The second-order valence-electron chi connectivity index (χ2n) is 27.6. The summed E-state index contributed by atoms with van der Waals surface area (Å²) in [4.78, 5) is 37.6. The van der Waals surface area contributed by atoms with Crippen LogP contribution in [-0.4, -0.2) is 82.3 Å². The normalized spacial score (nSPS) is 13.0. The van der Waals surface area contributed by atoms with Crippen LogP contribution in [0.25, 0.3) is 0 Å². The summed E-state index contributed by atoms with van der Waals surface area (Å²) in [6, 6.07) is 0. The molecule has 2 atom stereocenters. The Morgan fingerprint density at radius 3 is 0.934 bits per heavy atom. The highest BCUT2D eigenvalue weighted by molar-refractivity contribution is 5.70. The molecule has 0 aliphatic rings. The van der Waals surface area contributed by atoms with Crippen LogP contribution >= 0.6 is 0 Å². The third kappa shape index (κ3) is 74.0. The molecule has 9 nitrogen and oxygen atoms in total. The first kappa shape index (κ1) is 87.7. The van der Waals surface area contributed by atoms with Crippen LogP contribution < -0.4 is 5.11 Å². The van der Waals surface area contributed by atoms with E-state index in [9.17, 15) is 19.5 Å². The topological polar surface area (TPSA) is 111 Å². The molecule has 0 amide bonds. The molecule has 0 aromatic carbocycles. The van der Waals surface area contributed by atoms with Crippen LogP contribution in [-0.2, 0) is 33.3 Å². The van der Waals surface area contributed by atoms with E-state index in [2.05, 4.69) is 86.8 Å². The van der Waals surface area contributed by atoms with E-state index < -0.39 is 24.3 Å². The van der Waals surface area contributed by atoms with E-state index in [0.29, 0.717) is 17.4 Å². The van der Waals surface area contributed by atoms with Gasteiger partial charge in [-0.15, -0.1) is 0 Å². The first-order chi connectivity index (χ1) is 44.6. The summed E-state index contributed by atoms with van der Waals surface area (Å²) in [5.41, 5.74) is 0. The zero-order valence-corrected chi connectivity index (χ0v) is 60.7. The fourth-order valence-electron chi connectivity index (χ4n) is 11.5. The van der Waals surface area contributed by atoms with Gasteiger partial charge in [-0.3, -0.25) is 9.59 Å². The van der Waals surface area contributed by atoms with Gasteiger partial charge in [0, 0.05) is 12.8 Å². The Morgan fingerprint density at radius 2 is 0.626 bits per heavy atom. The molecule has 91 heavy (non-hydrogen) atoms. The van der Waals surface area contributed by atoms with E-state index in [1.54, 1.807) is 0 Å². The lowest BCUT2D eigenvalue weighted by Gasteiger charge is -2.26. The molecule has 0 saturated carbocycles. The van der Waals surface area contributed by atoms with Crippen molar-refractivity contribution < 1.29 is 42.9 Å². The maximum absolute atomic E-state index is 13.0. The molecule has 9 heteroatoms. The summed E-state index contributed by atoms with van der Waals surface area (Å²) in [5.74, 6) is -2.25. The maximum Gasteiger partial charge on any atom is 0.306 e. The van der Waals surface area contributed by atoms with Crippen LogP contribution in [0.1, 0.15) is 373 Å². The minimum Gasteiger partial charge on any atom is -0.545 e. The smallest absolute Gasteiger partial charge is 0.306 e. The van der Waals surface area contributed by atoms with E-state index in [1.807, 2.05) is 21.1 Å². The highest BCUT2D eigenvalue weighted by Crippen LogP contribution is 2.19. The van der Waals surface area contributed by atoms with E-state index in [0.717, 1.165) is 77.0 Å². The minimum absolute atomic E-state index is 0.150. The Bertz CT molecular complexity index is 1730. The quantitative estimate of drug-likeness (QED) is 0.0195. The standard InChI is InChI=1S/C82H149NO8/c1-6-8-10-12-14-16-18-20-22-24-26-28-30-32-33-34-35-36-37-38-39-40-41-42-43-44-45-46-47-49-51-53-55-57-59-61-63-65-67-69-71-73-80(85)91-78(77-90-82(81(86)87)88-75-74-83(3,4)5)76-89-79(84)72-70-68-66-64-62-60-58-56-54-52-50-48-31-29-27-25-23-21-19-17-15-13-11-9-7-2/h8,10,14,16,20,22,26,28,32-33,35-36,78,82H,6-7,9,11-13,15,17-19,21,23-25,27,29-31,34,37-77H2,1-5H3/b10-8-,16-14-,22-20-,28-26-,33-32-,36-35-. The average Bonchev–Trinajstić information content (AvgIpc) is 3.53. The molecule has 0 spiro atoms. The fourth-order valence-corrected chi connectivity index (χ4v) is 11.5. The highest BCUT2D eigenvalue weighted by Gasteiger charge is 2.22. The molecule has 530 valence electrons. The van der Waals surface area contributed by atoms with E-state index in [-0.39, 0.29) is 32.2 Å². The van der Waals surface area contributed by atoms with Crippen LogP contribution in [0.15, 0.2) is 72.9 Å². The van der Waals surface area contributed by atoms with Gasteiger partial charge in [-0.2, -0.15) is 0 Å². The minimum atomic E-state index is -1.62. The van der Waals surface area contributed by atoms with Crippen molar-refractivity contribution in [1.29, 1.82) is 0 Å². The van der Waals surface area contributed by atoms with Crippen molar-refractivity contribution in [3.8, 4) is 0 Å². The number of nitrogens with zero attached hydrogens (tertiary/aromatic N) is 1.